The van der Waals surface area contributed by atoms with E-state index in [9.17, 15) is 18.0 Å². The van der Waals surface area contributed by atoms with E-state index < -0.39 is 9.84 Å². The van der Waals surface area contributed by atoms with Crippen molar-refractivity contribution in [3.63, 3.8) is 0 Å². The number of rotatable bonds is 5. The lowest BCUT2D eigenvalue weighted by atomic mass is 10.1. The zero-order valence-corrected chi connectivity index (χ0v) is 10.7. The molecule has 0 aromatic rings. The van der Waals surface area contributed by atoms with Crippen LogP contribution in [-0.2, 0) is 19.4 Å². The molecule has 17 heavy (non-hydrogen) atoms. The first-order valence-electron chi connectivity index (χ1n) is 5.60. The van der Waals surface area contributed by atoms with Crippen LogP contribution in [0.5, 0.6) is 0 Å². The van der Waals surface area contributed by atoms with Crippen LogP contribution in [0.15, 0.2) is 0 Å². The average molecular weight is 262 g/mol. The first-order chi connectivity index (χ1) is 7.89. The molecule has 1 atom stereocenters. The van der Waals surface area contributed by atoms with Crippen LogP contribution >= 0.6 is 0 Å². The normalized spacial score (nSPS) is 22.1. The van der Waals surface area contributed by atoms with Crippen LogP contribution in [0.2, 0.25) is 0 Å². The largest absolute Gasteiger partial charge is 0.355 e. The van der Waals surface area contributed by atoms with Gasteiger partial charge in [-0.1, -0.05) is 0 Å². The molecule has 6 nitrogen and oxygen atoms in total. The highest BCUT2D eigenvalue weighted by molar-refractivity contribution is 7.91. The number of sulfone groups is 1. The van der Waals surface area contributed by atoms with Gasteiger partial charge in [-0.05, 0) is 12.3 Å². The molecular formula is C10H18N2O4S. The van der Waals surface area contributed by atoms with Gasteiger partial charge in [0.05, 0.1) is 11.5 Å². The average Bonchev–Trinajstić information content (AvgIpc) is 2.52. The van der Waals surface area contributed by atoms with Crippen molar-refractivity contribution in [2.45, 2.75) is 19.8 Å². The Morgan fingerprint density at radius 3 is 2.41 bits per heavy atom. The Labute approximate surface area is 101 Å². The van der Waals surface area contributed by atoms with E-state index in [2.05, 4.69) is 10.6 Å². The van der Waals surface area contributed by atoms with E-state index in [0.29, 0.717) is 19.5 Å². The van der Waals surface area contributed by atoms with Crippen molar-refractivity contribution < 1.29 is 18.0 Å². The summed E-state index contributed by atoms with van der Waals surface area (Å²) in [5.41, 5.74) is 0. The van der Waals surface area contributed by atoms with Crippen molar-refractivity contribution >= 4 is 21.7 Å². The van der Waals surface area contributed by atoms with Crippen LogP contribution in [-0.4, -0.2) is 44.8 Å². The van der Waals surface area contributed by atoms with E-state index in [-0.39, 0.29) is 35.7 Å². The Hall–Kier alpha value is -1.11. The summed E-state index contributed by atoms with van der Waals surface area (Å²) in [6.45, 7) is 2.17. The molecule has 0 bridgehead atoms. The Morgan fingerprint density at radius 1 is 1.24 bits per heavy atom. The first kappa shape index (κ1) is 14.0. The highest BCUT2D eigenvalue weighted by Crippen LogP contribution is 2.21. The highest BCUT2D eigenvalue weighted by Gasteiger charge is 2.29. The summed E-state index contributed by atoms with van der Waals surface area (Å²) >= 11 is 0. The van der Waals surface area contributed by atoms with Gasteiger partial charge in [0, 0.05) is 26.4 Å². The minimum Gasteiger partial charge on any atom is -0.355 e. The molecule has 1 fully saturated rings. The summed E-state index contributed by atoms with van der Waals surface area (Å²) in [5.74, 6) is -0.0393. The third kappa shape index (κ3) is 5.67. The molecule has 1 saturated heterocycles. The van der Waals surface area contributed by atoms with Gasteiger partial charge in [-0.2, -0.15) is 0 Å². The second-order valence-electron chi connectivity index (χ2n) is 4.31. The van der Waals surface area contributed by atoms with Crippen LogP contribution in [0.25, 0.3) is 0 Å². The maximum absolute atomic E-state index is 11.4. The third-order valence-electron chi connectivity index (χ3n) is 2.62. The minimum atomic E-state index is -2.91. The molecule has 2 amide bonds. The van der Waals surface area contributed by atoms with Crippen molar-refractivity contribution in [1.29, 1.82) is 0 Å². The summed E-state index contributed by atoms with van der Waals surface area (Å²) in [6.07, 6.45) is 0.820. The molecule has 0 aromatic heterocycles. The van der Waals surface area contributed by atoms with Gasteiger partial charge in [-0.25, -0.2) is 8.42 Å². The Morgan fingerprint density at radius 2 is 1.88 bits per heavy atom. The lowest BCUT2D eigenvalue weighted by molar-refractivity contribution is -0.122. The molecule has 1 aliphatic heterocycles. The monoisotopic (exact) mass is 262 g/mol. The van der Waals surface area contributed by atoms with Crippen LogP contribution in [0.4, 0.5) is 0 Å². The van der Waals surface area contributed by atoms with E-state index in [4.69, 9.17) is 0 Å². The zero-order chi connectivity index (χ0) is 12.9. The van der Waals surface area contributed by atoms with Gasteiger partial charge in [0.2, 0.25) is 11.8 Å². The van der Waals surface area contributed by atoms with Gasteiger partial charge >= 0.3 is 0 Å². The summed E-state index contributed by atoms with van der Waals surface area (Å²) in [7, 11) is -2.91. The van der Waals surface area contributed by atoms with E-state index >= 15 is 0 Å². The summed E-state index contributed by atoms with van der Waals surface area (Å²) in [6, 6.07) is 0. The molecule has 1 rings (SSSR count). The lowest BCUT2D eigenvalue weighted by Gasteiger charge is -2.08. The molecule has 7 heteroatoms. The zero-order valence-electron chi connectivity index (χ0n) is 9.86. The van der Waals surface area contributed by atoms with Crippen LogP contribution in [0, 0.1) is 5.92 Å². The maximum Gasteiger partial charge on any atom is 0.220 e. The number of hydrogen-bond donors (Lipinski definition) is 2. The van der Waals surface area contributed by atoms with Crippen LogP contribution in [0.3, 0.4) is 0 Å². The molecule has 0 radical (unpaired) electrons. The Bertz CT molecular complexity index is 391. The smallest absolute Gasteiger partial charge is 0.220 e. The first-order valence-corrected chi connectivity index (χ1v) is 7.43. The van der Waals surface area contributed by atoms with Crippen molar-refractivity contribution in [3.8, 4) is 0 Å². The van der Waals surface area contributed by atoms with Crippen molar-refractivity contribution in [3.05, 3.63) is 0 Å². The second kappa shape index (κ2) is 6.00. The van der Waals surface area contributed by atoms with Gasteiger partial charge in [-0.15, -0.1) is 0 Å². The fourth-order valence-corrected chi connectivity index (χ4v) is 3.67. The highest BCUT2D eigenvalue weighted by atomic mass is 32.2. The quantitative estimate of drug-likeness (QED) is 0.626. The van der Waals surface area contributed by atoms with Gasteiger partial charge in [0.15, 0.2) is 9.84 Å². The predicted octanol–water partition coefficient (Wildman–Crippen LogP) is -0.936. The maximum atomic E-state index is 11.4. The lowest BCUT2D eigenvalue weighted by Crippen LogP contribution is -2.34. The van der Waals surface area contributed by atoms with E-state index in [1.54, 1.807) is 0 Å². The van der Waals surface area contributed by atoms with Gasteiger partial charge < -0.3 is 10.6 Å². The number of amides is 2. The molecule has 1 unspecified atom stereocenters. The number of carbonyl (C=O) groups is 2. The number of hydrogen-bond acceptors (Lipinski definition) is 4. The molecular weight excluding hydrogens is 244 g/mol. The Kier molecular flexibility index (Phi) is 4.92. The van der Waals surface area contributed by atoms with Crippen LogP contribution in [0.1, 0.15) is 19.8 Å². The molecule has 2 N–H and O–H groups in total. The standard InChI is InChI=1S/C10H18N2O4S/c1-8(13)11-3-4-12-10(14)6-9-2-5-17(15,16)7-9/h9H,2-7H2,1H3,(H,11,13)(H,12,14). The second-order valence-corrected chi connectivity index (χ2v) is 6.53. The summed E-state index contributed by atoms with van der Waals surface area (Å²) in [5, 5.41) is 5.20. The molecule has 1 heterocycles. The molecule has 0 aliphatic carbocycles. The molecule has 0 saturated carbocycles. The summed E-state index contributed by atoms with van der Waals surface area (Å²) in [4.78, 5) is 22.0. The van der Waals surface area contributed by atoms with E-state index in [1.165, 1.54) is 6.92 Å². The molecule has 1 aliphatic rings. The Balaban J connectivity index is 2.16. The van der Waals surface area contributed by atoms with Crippen LogP contribution < -0.4 is 10.6 Å². The molecule has 0 aromatic carbocycles. The molecule has 98 valence electrons. The van der Waals surface area contributed by atoms with Crippen molar-refractivity contribution in [1.82, 2.24) is 10.6 Å². The SMILES string of the molecule is CC(=O)NCCNC(=O)CC1CCS(=O)(=O)C1. The number of nitrogens with one attached hydrogen (secondary N) is 2. The fraction of sp³-hybridized carbons (Fsp3) is 0.800. The molecule has 0 spiro atoms. The van der Waals surface area contributed by atoms with E-state index in [1.807, 2.05) is 0 Å². The summed E-state index contributed by atoms with van der Waals surface area (Å²) < 4.78 is 22.4. The van der Waals surface area contributed by atoms with Gasteiger partial charge in [0.1, 0.15) is 0 Å². The van der Waals surface area contributed by atoms with Crippen molar-refractivity contribution in [2.24, 2.45) is 5.92 Å². The van der Waals surface area contributed by atoms with Gasteiger partial charge in [-0.3, -0.25) is 9.59 Å². The minimum absolute atomic E-state index is 0.0548. The topological polar surface area (TPSA) is 92.3 Å². The number of carbonyl (C=O) groups excluding carboxylic acids is 2. The van der Waals surface area contributed by atoms with Crippen molar-refractivity contribution in [2.75, 3.05) is 24.6 Å². The third-order valence-corrected chi connectivity index (χ3v) is 4.46. The fourth-order valence-electron chi connectivity index (χ4n) is 1.81. The predicted molar refractivity (Wildman–Crippen MR) is 63.1 cm³/mol. The van der Waals surface area contributed by atoms with E-state index in [0.717, 1.165) is 0 Å². The van der Waals surface area contributed by atoms with Gasteiger partial charge in [0.25, 0.3) is 0 Å².